The molecule has 0 saturated heterocycles. The minimum Gasteiger partial charge on any atom is -0.362 e. The summed E-state index contributed by atoms with van der Waals surface area (Å²) in [6.07, 6.45) is 3.70. The Morgan fingerprint density at radius 2 is 1.70 bits per heavy atom. The van der Waals surface area contributed by atoms with E-state index in [-0.39, 0.29) is 5.82 Å². The van der Waals surface area contributed by atoms with E-state index in [0.717, 1.165) is 5.56 Å². The third-order valence-electron chi connectivity index (χ3n) is 5.52. The first-order chi connectivity index (χ1) is 14.4. The molecule has 0 bridgehead atoms. The zero-order valence-electron chi connectivity index (χ0n) is 16.3. The third kappa shape index (κ3) is 3.47. The van der Waals surface area contributed by atoms with Gasteiger partial charge in [0.15, 0.2) is 12.4 Å². The molecule has 2 heterocycles. The molecule has 3 atom stereocenters. The van der Waals surface area contributed by atoms with Crippen molar-refractivity contribution in [3.63, 3.8) is 0 Å². The monoisotopic (exact) mass is 418 g/mol. The number of allylic oxidation sites excluding steroid dienone is 1. The fourth-order valence-electron chi connectivity index (χ4n) is 4.05. The lowest BCUT2D eigenvalue weighted by Crippen LogP contribution is -2.62. The molecule has 0 aliphatic carbocycles. The van der Waals surface area contributed by atoms with Crippen molar-refractivity contribution in [3.8, 4) is 6.07 Å². The van der Waals surface area contributed by atoms with Gasteiger partial charge in [-0.05, 0) is 24.6 Å². The number of nitriles is 1. The van der Waals surface area contributed by atoms with Crippen molar-refractivity contribution in [1.29, 1.82) is 5.26 Å². The van der Waals surface area contributed by atoms with Gasteiger partial charge in [-0.1, -0.05) is 48.0 Å². The largest absolute Gasteiger partial charge is 0.362 e. The van der Waals surface area contributed by atoms with Crippen LogP contribution in [0.15, 0.2) is 89.7 Å². The summed E-state index contributed by atoms with van der Waals surface area (Å²) >= 11 is 4.51. The number of nitrogens with one attached hydrogen (secondary N) is 1. The molecule has 4 nitrogen and oxygen atoms in total. The summed E-state index contributed by atoms with van der Waals surface area (Å²) in [4.78, 5) is 0. The second-order valence-electron chi connectivity index (χ2n) is 7.43. The van der Waals surface area contributed by atoms with Crippen LogP contribution in [0, 0.1) is 24.1 Å². The van der Waals surface area contributed by atoms with Crippen LogP contribution in [0.5, 0.6) is 0 Å². The Labute approximate surface area is 180 Å². The number of thiol groups is 1. The first-order valence-electron chi connectivity index (χ1n) is 9.56. The van der Waals surface area contributed by atoms with Gasteiger partial charge in [-0.2, -0.15) is 9.83 Å². The number of aryl methyl sites for hydroxylation is 1. The fraction of sp³-hybridized carbons (Fsp3) is 0.167. The maximum atomic E-state index is 13.6. The first-order valence-corrected chi connectivity index (χ1v) is 10.0. The number of rotatable bonds is 3. The highest BCUT2D eigenvalue weighted by atomic mass is 32.1. The average Bonchev–Trinajstić information content (AvgIpc) is 2.75. The Bertz CT molecular complexity index is 1120. The fourth-order valence-corrected chi connectivity index (χ4v) is 4.41. The molecule has 30 heavy (non-hydrogen) atoms. The highest BCUT2D eigenvalue weighted by molar-refractivity contribution is 7.84. The van der Waals surface area contributed by atoms with E-state index in [0.29, 0.717) is 21.7 Å². The summed E-state index contributed by atoms with van der Waals surface area (Å²) in [6.45, 7) is 1.98. The number of hydrogen-bond donors (Lipinski definition) is 3. The maximum absolute atomic E-state index is 13.6. The third-order valence-corrected chi connectivity index (χ3v) is 5.87. The SMILES string of the molecule is Cc1ccc([C@@]2(O)NC(S)=C(C#N)[C@H](c3ccc(F)cc3)[C@@H]2[n+]2ccccc2)cc1. The van der Waals surface area contributed by atoms with Crippen LogP contribution in [-0.4, -0.2) is 5.11 Å². The lowest BCUT2D eigenvalue weighted by Gasteiger charge is -2.42. The molecule has 4 rings (SSSR count). The molecule has 1 aliphatic rings. The topological polar surface area (TPSA) is 59.9 Å². The molecule has 0 saturated carbocycles. The van der Waals surface area contributed by atoms with Crippen molar-refractivity contribution < 1.29 is 14.1 Å². The Morgan fingerprint density at radius 3 is 2.30 bits per heavy atom. The van der Waals surface area contributed by atoms with Crippen molar-refractivity contribution in [2.45, 2.75) is 24.6 Å². The van der Waals surface area contributed by atoms with Crippen LogP contribution in [0.4, 0.5) is 4.39 Å². The number of aliphatic hydroxyl groups is 1. The van der Waals surface area contributed by atoms with Crippen LogP contribution in [0.25, 0.3) is 0 Å². The molecule has 6 heteroatoms. The molecule has 0 spiro atoms. The molecule has 0 fully saturated rings. The number of pyridine rings is 1. The highest BCUT2D eigenvalue weighted by Crippen LogP contribution is 2.47. The van der Waals surface area contributed by atoms with Gasteiger partial charge in [-0.3, -0.25) is 0 Å². The van der Waals surface area contributed by atoms with E-state index < -0.39 is 17.7 Å². The van der Waals surface area contributed by atoms with Gasteiger partial charge in [-0.25, -0.2) is 4.39 Å². The average molecular weight is 419 g/mol. The Kier molecular flexibility index (Phi) is 5.33. The second-order valence-corrected chi connectivity index (χ2v) is 7.88. The lowest BCUT2D eigenvalue weighted by atomic mass is 9.75. The molecule has 2 N–H and O–H groups in total. The van der Waals surface area contributed by atoms with Crippen molar-refractivity contribution >= 4 is 12.6 Å². The number of benzene rings is 2. The van der Waals surface area contributed by atoms with Gasteiger partial charge in [0.2, 0.25) is 11.8 Å². The summed E-state index contributed by atoms with van der Waals surface area (Å²) in [5.74, 6) is -0.915. The van der Waals surface area contributed by atoms with Crippen LogP contribution in [0.3, 0.4) is 0 Å². The molecule has 3 aromatic rings. The lowest BCUT2D eigenvalue weighted by molar-refractivity contribution is -0.743. The molecular weight excluding hydrogens is 397 g/mol. The predicted molar refractivity (Wildman–Crippen MR) is 115 cm³/mol. The number of aromatic nitrogens is 1. The van der Waals surface area contributed by atoms with E-state index in [9.17, 15) is 14.8 Å². The Morgan fingerprint density at radius 1 is 1.07 bits per heavy atom. The smallest absolute Gasteiger partial charge is 0.227 e. The standard InChI is InChI=1S/C24H20FN3OS/c1-16-5-9-18(10-6-16)24(29)22(28-13-3-2-4-14-28)21(20(15-26)23(30)27-24)17-7-11-19(25)12-8-17/h2-14,21-22,27,29H,1H3/p+1/t21-,22-,24-/m0/s1. The van der Waals surface area contributed by atoms with E-state index in [4.69, 9.17) is 0 Å². The van der Waals surface area contributed by atoms with Gasteiger partial charge < -0.3 is 10.4 Å². The van der Waals surface area contributed by atoms with Gasteiger partial charge in [0.1, 0.15) is 5.82 Å². The van der Waals surface area contributed by atoms with E-state index in [1.54, 1.807) is 12.1 Å². The second kappa shape index (κ2) is 7.94. The summed E-state index contributed by atoms with van der Waals surface area (Å²) < 4.78 is 15.5. The van der Waals surface area contributed by atoms with E-state index >= 15 is 0 Å². The molecule has 0 unspecified atom stereocenters. The molecule has 1 aromatic heterocycles. The van der Waals surface area contributed by atoms with E-state index in [2.05, 4.69) is 24.0 Å². The zero-order valence-corrected chi connectivity index (χ0v) is 17.2. The highest BCUT2D eigenvalue weighted by Gasteiger charge is 2.55. The van der Waals surface area contributed by atoms with Gasteiger partial charge in [-0.15, -0.1) is 12.6 Å². The molecular formula is C24H21FN3OS+. The van der Waals surface area contributed by atoms with Crippen LogP contribution in [0.2, 0.25) is 0 Å². The van der Waals surface area contributed by atoms with Gasteiger partial charge in [0, 0.05) is 17.7 Å². The van der Waals surface area contributed by atoms with E-state index in [1.807, 2.05) is 66.3 Å². The van der Waals surface area contributed by atoms with Crippen LogP contribution < -0.4 is 9.88 Å². The van der Waals surface area contributed by atoms with Gasteiger partial charge in [0.05, 0.1) is 22.6 Å². The summed E-state index contributed by atoms with van der Waals surface area (Å²) in [6, 6.07) is 20.8. The van der Waals surface area contributed by atoms with Crippen molar-refractivity contribution in [1.82, 2.24) is 5.32 Å². The summed E-state index contributed by atoms with van der Waals surface area (Å²) in [5.41, 5.74) is 1.24. The molecule has 2 aromatic carbocycles. The van der Waals surface area contributed by atoms with Crippen LogP contribution in [-0.2, 0) is 5.72 Å². The van der Waals surface area contributed by atoms with Crippen molar-refractivity contribution in [2.24, 2.45) is 0 Å². The minimum atomic E-state index is -1.56. The van der Waals surface area contributed by atoms with E-state index in [1.165, 1.54) is 12.1 Å². The Balaban J connectivity index is 1.99. The van der Waals surface area contributed by atoms with Crippen LogP contribution in [0.1, 0.15) is 28.7 Å². The normalized spacial score (nSPS) is 23.6. The minimum absolute atomic E-state index is 0.294. The number of nitrogens with zero attached hydrogens (tertiary/aromatic N) is 2. The van der Waals surface area contributed by atoms with Crippen molar-refractivity contribution in [2.75, 3.05) is 0 Å². The number of halogens is 1. The number of hydrogen-bond acceptors (Lipinski definition) is 4. The summed E-state index contributed by atoms with van der Waals surface area (Å²) in [5, 5.41) is 25.3. The molecule has 0 radical (unpaired) electrons. The zero-order chi connectivity index (χ0) is 21.3. The summed E-state index contributed by atoms with van der Waals surface area (Å²) in [7, 11) is 0. The van der Waals surface area contributed by atoms with Crippen molar-refractivity contribution in [3.05, 3.63) is 112 Å². The molecule has 150 valence electrons. The van der Waals surface area contributed by atoms with Crippen LogP contribution >= 0.6 is 12.6 Å². The Hall–Kier alpha value is -3.14. The maximum Gasteiger partial charge on any atom is 0.227 e. The molecule has 0 amide bonds. The molecule has 1 aliphatic heterocycles. The quantitative estimate of drug-likeness (QED) is 0.447. The van der Waals surface area contributed by atoms with Gasteiger partial charge >= 0.3 is 0 Å². The predicted octanol–water partition coefficient (Wildman–Crippen LogP) is 3.86. The van der Waals surface area contributed by atoms with Gasteiger partial charge in [0.25, 0.3) is 0 Å². The first kappa shape index (κ1) is 20.1.